The van der Waals surface area contributed by atoms with Gasteiger partial charge in [0.25, 0.3) is 0 Å². The number of halogens is 2. The summed E-state index contributed by atoms with van der Waals surface area (Å²) in [5.41, 5.74) is 6.70. The van der Waals surface area contributed by atoms with Crippen LogP contribution in [0, 0.1) is 5.82 Å². The molecule has 4 nitrogen and oxygen atoms in total. The van der Waals surface area contributed by atoms with Crippen LogP contribution >= 0.6 is 15.9 Å². The number of nitrogens with zero attached hydrogens (tertiary/aromatic N) is 2. The van der Waals surface area contributed by atoms with E-state index in [1.807, 2.05) is 0 Å². The van der Waals surface area contributed by atoms with Gasteiger partial charge in [-0.1, -0.05) is 33.9 Å². The third-order valence-corrected chi connectivity index (χ3v) is 4.44. The molecule has 0 radical (unpaired) electrons. The first-order valence-electron chi connectivity index (χ1n) is 6.70. The number of nitrogens with two attached hydrogens (primary N) is 1. The molecule has 0 aliphatic heterocycles. The Morgan fingerprint density at radius 3 is 2.90 bits per heavy atom. The van der Waals surface area contributed by atoms with Gasteiger partial charge in [-0.05, 0) is 31.0 Å². The van der Waals surface area contributed by atoms with Crippen LogP contribution in [-0.4, -0.2) is 16.2 Å². The lowest BCUT2D eigenvalue weighted by molar-refractivity contribution is 0.290. The molecule has 1 aromatic carbocycles. The molecule has 1 fully saturated rings. The normalized spacial score (nSPS) is 22.9. The second-order valence-electron chi connectivity index (χ2n) is 5.14. The van der Waals surface area contributed by atoms with Gasteiger partial charge in [-0.3, -0.25) is 0 Å². The molecule has 1 heterocycles. The maximum atomic E-state index is 13.3. The molecule has 1 aliphatic carbocycles. The summed E-state index contributed by atoms with van der Waals surface area (Å²) in [6, 6.07) is 4.46. The fourth-order valence-electron chi connectivity index (χ4n) is 2.63. The summed E-state index contributed by atoms with van der Waals surface area (Å²) < 4.78 is 19.4. The van der Waals surface area contributed by atoms with Gasteiger partial charge in [-0.2, -0.15) is 4.98 Å². The van der Waals surface area contributed by atoms with Crippen LogP contribution in [0.3, 0.4) is 0 Å². The van der Waals surface area contributed by atoms with Gasteiger partial charge in [-0.25, -0.2) is 4.39 Å². The molecule has 1 aliphatic rings. The first-order chi connectivity index (χ1) is 9.65. The summed E-state index contributed by atoms with van der Waals surface area (Å²) in [6.45, 7) is 0. The van der Waals surface area contributed by atoms with E-state index in [0.29, 0.717) is 17.3 Å². The first kappa shape index (κ1) is 13.7. The Hall–Kier alpha value is -1.27. The van der Waals surface area contributed by atoms with Crippen LogP contribution in [0.25, 0.3) is 11.4 Å². The lowest BCUT2D eigenvalue weighted by Gasteiger charge is -2.25. The molecule has 0 saturated heterocycles. The van der Waals surface area contributed by atoms with E-state index in [9.17, 15) is 4.39 Å². The van der Waals surface area contributed by atoms with E-state index < -0.39 is 0 Å². The number of aromatic nitrogens is 2. The lowest BCUT2D eigenvalue weighted by atomic mass is 9.85. The third kappa shape index (κ3) is 2.62. The molecular weight excluding hydrogens is 325 g/mol. The minimum Gasteiger partial charge on any atom is -0.339 e. The van der Waals surface area contributed by atoms with Crippen molar-refractivity contribution in [3.63, 3.8) is 0 Å². The number of hydrogen-bond donors (Lipinski definition) is 1. The average molecular weight is 340 g/mol. The van der Waals surface area contributed by atoms with Gasteiger partial charge in [0.2, 0.25) is 11.7 Å². The summed E-state index contributed by atoms with van der Waals surface area (Å²) in [7, 11) is 0. The van der Waals surface area contributed by atoms with Gasteiger partial charge in [0.1, 0.15) is 5.82 Å². The molecule has 0 amide bonds. The van der Waals surface area contributed by atoms with Crippen LogP contribution in [0.4, 0.5) is 4.39 Å². The largest absolute Gasteiger partial charge is 0.339 e. The predicted molar refractivity (Wildman–Crippen MR) is 76.6 cm³/mol. The van der Waals surface area contributed by atoms with Crippen molar-refractivity contribution < 1.29 is 8.91 Å². The highest BCUT2D eigenvalue weighted by molar-refractivity contribution is 9.10. The van der Waals surface area contributed by atoms with Crippen molar-refractivity contribution in [3.05, 3.63) is 34.4 Å². The van der Waals surface area contributed by atoms with Crippen LogP contribution in [-0.2, 0) is 0 Å². The van der Waals surface area contributed by atoms with Crippen molar-refractivity contribution in [2.45, 2.75) is 37.6 Å². The summed E-state index contributed by atoms with van der Waals surface area (Å²) in [6.07, 6.45) is 4.22. The molecule has 2 atom stereocenters. The Balaban J connectivity index is 1.91. The zero-order valence-corrected chi connectivity index (χ0v) is 12.4. The molecule has 3 rings (SSSR count). The monoisotopic (exact) mass is 339 g/mol. The van der Waals surface area contributed by atoms with E-state index in [4.69, 9.17) is 10.3 Å². The minimum absolute atomic E-state index is 0.0630. The SMILES string of the molecule is NC1CCCCC1c1nc(-c2cc(F)ccc2Br)no1. The van der Waals surface area contributed by atoms with Gasteiger partial charge in [0, 0.05) is 16.1 Å². The smallest absolute Gasteiger partial charge is 0.231 e. The van der Waals surface area contributed by atoms with E-state index in [2.05, 4.69) is 26.1 Å². The lowest BCUT2D eigenvalue weighted by Crippen LogP contribution is -2.31. The van der Waals surface area contributed by atoms with Gasteiger partial charge >= 0.3 is 0 Å². The van der Waals surface area contributed by atoms with E-state index in [0.717, 1.165) is 30.2 Å². The molecule has 0 spiro atoms. The van der Waals surface area contributed by atoms with Crippen molar-refractivity contribution in [1.82, 2.24) is 10.1 Å². The minimum atomic E-state index is -0.330. The maximum Gasteiger partial charge on any atom is 0.231 e. The van der Waals surface area contributed by atoms with Crippen molar-refractivity contribution in [2.75, 3.05) is 0 Å². The molecule has 2 aromatic rings. The van der Waals surface area contributed by atoms with Crippen molar-refractivity contribution in [3.8, 4) is 11.4 Å². The molecule has 6 heteroatoms. The van der Waals surface area contributed by atoms with E-state index in [1.165, 1.54) is 12.1 Å². The number of rotatable bonds is 2. The first-order valence-corrected chi connectivity index (χ1v) is 7.49. The van der Waals surface area contributed by atoms with Crippen LogP contribution in [0.5, 0.6) is 0 Å². The quantitative estimate of drug-likeness (QED) is 0.907. The van der Waals surface area contributed by atoms with Gasteiger partial charge in [0.05, 0.1) is 5.92 Å². The van der Waals surface area contributed by atoms with Crippen molar-refractivity contribution in [1.29, 1.82) is 0 Å². The van der Waals surface area contributed by atoms with Gasteiger partial charge < -0.3 is 10.3 Å². The van der Waals surface area contributed by atoms with Crippen LogP contribution in [0.1, 0.15) is 37.5 Å². The van der Waals surface area contributed by atoms with Gasteiger partial charge in [0.15, 0.2) is 0 Å². The molecule has 2 N–H and O–H groups in total. The second-order valence-corrected chi connectivity index (χ2v) is 5.99. The van der Waals surface area contributed by atoms with Crippen LogP contribution in [0.2, 0.25) is 0 Å². The highest BCUT2D eigenvalue weighted by Crippen LogP contribution is 2.33. The average Bonchev–Trinajstić information content (AvgIpc) is 2.91. The summed E-state index contributed by atoms with van der Waals surface area (Å²) in [5, 5.41) is 3.96. The highest BCUT2D eigenvalue weighted by Gasteiger charge is 2.28. The Bertz CT molecular complexity index is 616. The summed E-state index contributed by atoms with van der Waals surface area (Å²) >= 11 is 3.37. The van der Waals surface area contributed by atoms with E-state index in [1.54, 1.807) is 6.07 Å². The predicted octanol–water partition coefficient (Wildman–Crippen LogP) is 3.62. The Labute approximate surface area is 124 Å². The molecular formula is C14H15BrFN3O. The molecule has 2 unspecified atom stereocenters. The molecule has 1 aromatic heterocycles. The Morgan fingerprint density at radius 2 is 2.10 bits per heavy atom. The zero-order valence-electron chi connectivity index (χ0n) is 10.9. The fraction of sp³-hybridized carbons (Fsp3) is 0.429. The molecule has 106 valence electrons. The summed E-state index contributed by atoms with van der Waals surface area (Å²) in [4.78, 5) is 4.40. The van der Waals surface area contributed by atoms with E-state index in [-0.39, 0.29) is 17.8 Å². The van der Waals surface area contributed by atoms with Gasteiger partial charge in [-0.15, -0.1) is 0 Å². The van der Waals surface area contributed by atoms with Crippen molar-refractivity contribution >= 4 is 15.9 Å². The van der Waals surface area contributed by atoms with Crippen LogP contribution < -0.4 is 5.73 Å². The fourth-order valence-corrected chi connectivity index (χ4v) is 3.05. The van der Waals surface area contributed by atoms with Crippen LogP contribution in [0.15, 0.2) is 27.2 Å². The number of benzene rings is 1. The molecule has 1 saturated carbocycles. The Morgan fingerprint density at radius 1 is 1.30 bits per heavy atom. The third-order valence-electron chi connectivity index (χ3n) is 3.75. The topological polar surface area (TPSA) is 64.9 Å². The molecule has 0 bridgehead atoms. The zero-order chi connectivity index (χ0) is 14.1. The second kappa shape index (κ2) is 5.61. The van der Waals surface area contributed by atoms with E-state index >= 15 is 0 Å². The maximum absolute atomic E-state index is 13.3. The van der Waals surface area contributed by atoms with Crippen molar-refractivity contribution in [2.24, 2.45) is 5.73 Å². The summed E-state index contributed by atoms with van der Waals surface area (Å²) in [5.74, 6) is 0.730. The highest BCUT2D eigenvalue weighted by atomic mass is 79.9. The number of hydrogen-bond acceptors (Lipinski definition) is 4. The molecule has 20 heavy (non-hydrogen) atoms. The Kier molecular flexibility index (Phi) is 3.85. The standard InChI is InChI=1S/C14H15BrFN3O/c15-11-6-5-8(16)7-10(11)13-18-14(20-19-13)9-3-1-2-4-12(9)17/h5-7,9,12H,1-4,17H2.